The quantitative estimate of drug-likeness (QED) is 0.314. The third-order valence-corrected chi connectivity index (χ3v) is 3.42. The van der Waals surface area contributed by atoms with Crippen LogP contribution in [-0.4, -0.2) is 41.4 Å². The normalized spacial score (nSPS) is 13.6. The van der Waals surface area contributed by atoms with Gasteiger partial charge in [0, 0.05) is 5.57 Å². The highest BCUT2D eigenvalue weighted by atomic mass is 19.4. The maximum Gasteiger partial charge on any atom is 0.426 e. The molecule has 0 bridgehead atoms. The first-order valence-corrected chi connectivity index (χ1v) is 8.34. The largest absolute Gasteiger partial charge is 0.481 e. The molecule has 2 unspecified atom stereocenters. The highest BCUT2D eigenvalue weighted by Crippen LogP contribution is 2.26. The van der Waals surface area contributed by atoms with Gasteiger partial charge in [0.2, 0.25) is 6.10 Å². The average molecular weight is 382 g/mol. The number of carbonyl (C=O) groups is 3. The van der Waals surface area contributed by atoms with Crippen LogP contribution in [0.15, 0.2) is 12.2 Å². The molecule has 6 nitrogen and oxygen atoms in total. The average Bonchev–Trinajstić information content (AvgIpc) is 2.49. The lowest BCUT2D eigenvalue weighted by Crippen LogP contribution is -2.36. The first-order valence-electron chi connectivity index (χ1n) is 8.34. The Morgan fingerprint density at radius 3 is 2.23 bits per heavy atom. The van der Waals surface area contributed by atoms with E-state index in [1.165, 1.54) is 0 Å². The van der Waals surface area contributed by atoms with Gasteiger partial charge in [-0.1, -0.05) is 32.8 Å². The Morgan fingerprint density at radius 1 is 1.12 bits per heavy atom. The van der Waals surface area contributed by atoms with Crippen LogP contribution < -0.4 is 0 Å². The molecule has 0 aromatic heterocycles. The van der Waals surface area contributed by atoms with E-state index in [1.807, 2.05) is 0 Å². The second kappa shape index (κ2) is 11.5. The summed E-state index contributed by atoms with van der Waals surface area (Å²) in [6.45, 7) is 6.95. The van der Waals surface area contributed by atoms with Crippen LogP contribution in [0.25, 0.3) is 0 Å². The van der Waals surface area contributed by atoms with Crippen molar-refractivity contribution in [1.82, 2.24) is 0 Å². The van der Waals surface area contributed by atoms with E-state index in [0.29, 0.717) is 6.42 Å². The summed E-state index contributed by atoms with van der Waals surface area (Å²) in [5.41, 5.74) is -0.534. The lowest BCUT2D eigenvalue weighted by Gasteiger charge is -2.19. The number of carboxylic acid groups (broad SMARTS) is 1. The zero-order valence-corrected chi connectivity index (χ0v) is 14.9. The molecule has 9 heteroatoms. The summed E-state index contributed by atoms with van der Waals surface area (Å²) in [5.74, 6) is -4.07. The van der Waals surface area contributed by atoms with E-state index in [4.69, 9.17) is 9.84 Å². The van der Waals surface area contributed by atoms with Gasteiger partial charge in [0.05, 0.1) is 18.9 Å². The summed E-state index contributed by atoms with van der Waals surface area (Å²) in [7, 11) is 0. The van der Waals surface area contributed by atoms with Gasteiger partial charge in [-0.3, -0.25) is 9.59 Å². The van der Waals surface area contributed by atoms with Crippen molar-refractivity contribution in [3.05, 3.63) is 12.2 Å². The van der Waals surface area contributed by atoms with Crippen molar-refractivity contribution in [3.8, 4) is 0 Å². The maximum absolute atomic E-state index is 12.7. The fraction of sp³-hybridized carbons (Fsp3) is 0.706. The van der Waals surface area contributed by atoms with Gasteiger partial charge in [-0.25, -0.2) is 4.79 Å². The number of carboxylic acids is 1. The fourth-order valence-electron chi connectivity index (χ4n) is 2.03. The zero-order valence-electron chi connectivity index (χ0n) is 14.9. The third kappa shape index (κ3) is 10.7. The van der Waals surface area contributed by atoms with Crippen LogP contribution in [0.1, 0.15) is 58.8 Å². The monoisotopic (exact) mass is 382 g/mol. The molecule has 0 radical (unpaired) electrons. The van der Waals surface area contributed by atoms with Gasteiger partial charge >= 0.3 is 24.1 Å². The molecule has 26 heavy (non-hydrogen) atoms. The Labute approximate surface area is 150 Å². The van der Waals surface area contributed by atoms with Crippen LogP contribution in [-0.2, 0) is 23.9 Å². The Bertz CT molecular complexity index is 501. The number of aliphatic carboxylic acids is 1. The second-order valence-electron chi connectivity index (χ2n) is 5.96. The molecule has 0 aromatic rings. The van der Waals surface area contributed by atoms with Crippen molar-refractivity contribution in [2.75, 3.05) is 0 Å². The van der Waals surface area contributed by atoms with Gasteiger partial charge in [0.1, 0.15) is 0 Å². The Balaban J connectivity index is 4.44. The number of ether oxygens (including phenoxy) is 2. The number of alkyl halides is 3. The molecule has 0 aliphatic carbocycles. The van der Waals surface area contributed by atoms with Crippen molar-refractivity contribution >= 4 is 17.9 Å². The third-order valence-electron chi connectivity index (χ3n) is 3.42. The molecule has 0 spiro atoms. The standard InChI is InChI=1S/C17H25F3O6/c1-4-5-6-7-8-12(3)25-15(23)9-11(2)16(24)26-13(10-14(21)22)17(18,19)20/h12-13H,2,4-10H2,1,3H3,(H,21,22). The van der Waals surface area contributed by atoms with Gasteiger partial charge in [0.15, 0.2) is 0 Å². The summed E-state index contributed by atoms with van der Waals surface area (Å²) >= 11 is 0. The topological polar surface area (TPSA) is 89.9 Å². The van der Waals surface area contributed by atoms with Crippen LogP contribution in [0.3, 0.4) is 0 Å². The number of unbranched alkanes of at least 4 members (excludes halogenated alkanes) is 3. The molecule has 0 fully saturated rings. The van der Waals surface area contributed by atoms with Gasteiger partial charge in [-0.15, -0.1) is 0 Å². The van der Waals surface area contributed by atoms with E-state index >= 15 is 0 Å². The molecule has 0 rings (SSSR count). The summed E-state index contributed by atoms with van der Waals surface area (Å²) in [5, 5.41) is 8.46. The molecule has 150 valence electrons. The molecule has 0 amide bonds. The number of carbonyl (C=O) groups excluding carboxylic acids is 2. The predicted octanol–water partition coefficient (Wildman–Crippen LogP) is 3.78. The van der Waals surface area contributed by atoms with E-state index in [1.54, 1.807) is 6.92 Å². The summed E-state index contributed by atoms with van der Waals surface area (Å²) in [4.78, 5) is 33.8. The van der Waals surface area contributed by atoms with Gasteiger partial charge in [-0.2, -0.15) is 13.2 Å². The number of halogens is 3. The summed E-state index contributed by atoms with van der Waals surface area (Å²) in [6, 6.07) is 0. The molecule has 1 N–H and O–H groups in total. The molecule has 0 aromatic carbocycles. The van der Waals surface area contributed by atoms with Crippen LogP contribution in [0.4, 0.5) is 13.2 Å². The number of rotatable bonds is 12. The SMILES string of the molecule is C=C(CC(=O)OC(C)CCCCCC)C(=O)OC(CC(=O)O)C(F)(F)F. The Kier molecular flexibility index (Phi) is 10.6. The molecule has 0 aliphatic heterocycles. The molecule has 2 atom stereocenters. The van der Waals surface area contributed by atoms with Crippen molar-refractivity contribution in [2.24, 2.45) is 0 Å². The van der Waals surface area contributed by atoms with Gasteiger partial charge < -0.3 is 14.6 Å². The molecular weight excluding hydrogens is 357 g/mol. The fourth-order valence-corrected chi connectivity index (χ4v) is 2.03. The lowest BCUT2D eigenvalue weighted by atomic mass is 10.1. The van der Waals surface area contributed by atoms with E-state index in [2.05, 4.69) is 18.2 Å². The Morgan fingerprint density at radius 2 is 1.73 bits per heavy atom. The van der Waals surface area contributed by atoms with Crippen molar-refractivity contribution in [2.45, 2.75) is 77.2 Å². The number of hydrogen-bond donors (Lipinski definition) is 1. The molecule has 0 aliphatic rings. The lowest BCUT2D eigenvalue weighted by molar-refractivity contribution is -0.222. The first kappa shape index (κ1) is 23.9. The number of esters is 2. The summed E-state index contributed by atoms with van der Waals surface area (Å²) < 4.78 is 47.1. The van der Waals surface area contributed by atoms with Crippen molar-refractivity contribution in [1.29, 1.82) is 0 Å². The minimum Gasteiger partial charge on any atom is -0.481 e. The van der Waals surface area contributed by atoms with Crippen LogP contribution in [0, 0.1) is 0 Å². The molecule has 0 heterocycles. The zero-order chi connectivity index (χ0) is 20.3. The van der Waals surface area contributed by atoms with Gasteiger partial charge in [0.25, 0.3) is 0 Å². The van der Waals surface area contributed by atoms with Crippen LogP contribution in [0.2, 0.25) is 0 Å². The molecule has 0 saturated carbocycles. The van der Waals surface area contributed by atoms with Gasteiger partial charge in [-0.05, 0) is 19.8 Å². The molecular formula is C17H25F3O6. The van der Waals surface area contributed by atoms with E-state index in [9.17, 15) is 27.6 Å². The smallest absolute Gasteiger partial charge is 0.426 e. The number of hydrogen-bond acceptors (Lipinski definition) is 5. The highest BCUT2D eigenvalue weighted by Gasteiger charge is 2.44. The van der Waals surface area contributed by atoms with Crippen molar-refractivity contribution < 1.29 is 42.1 Å². The van der Waals surface area contributed by atoms with Crippen LogP contribution >= 0.6 is 0 Å². The van der Waals surface area contributed by atoms with Crippen LogP contribution in [0.5, 0.6) is 0 Å². The summed E-state index contributed by atoms with van der Waals surface area (Å²) in [6.07, 6.45) is -5.66. The Hall–Kier alpha value is -2.06. The van der Waals surface area contributed by atoms with E-state index < -0.39 is 54.7 Å². The first-order chi connectivity index (χ1) is 12.0. The molecule has 0 saturated heterocycles. The predicted molar refractivity (Wildman–Crippen MR) is 86.3 cm³/mol. The second-order valence-corrected chi connectivity index (χ2v) is 5.96. The van der Waals surface area contributed by atoms with E-state index in [0.717, 1.165) is 25.7 Å². The highest BCUT2D eigenvalue weighted by molar-refractivity contribution is 5.93. The minimum atomic E-state index is -5.04. The maximum atomic E-state index is 12.7. The minimum absolute atomic E-state index is 0.391. The van der Waals surface area contributed by atoms with E-state index in [-0.39, 0.29) is 0 Å². The van der Waals surface area contributed by atoms with Crippen molar-refractivity contribution in [3.63, 3.8) is 0 Å².